The van der Waals surface area contributed by atoms with Gasteiger partial charge in [0.25, 0.3) is 0 Å². The van der Waals surface area contributed by atoms with Crippen molar-refractivity contribution in [3.63, 3.8) is 0 Å². The maximum Gasteiger partial charge on any atom is 0.210 e. The predicted molar refractivity (Wildman–Crippen MR) is 616 cm³/mol. The van der Waals surface area contributed by atoms with Crippen molar-refractivity contribution < 1.29 is 8.78 Å². The van der Waals surface area contributed by atoms with E-state index in [1.807, 2.05) is 124 Å². The van der Waals surface area contributed by atoms with Crippen molar-refractivity contribution in [2.75, 3.05) is 0 Å². The summed E-state index contributed by atoms with van der Waals surface area (Å²) in [6.45, 7) is 30.9. The summed E-state index contributed by atoms with van der Waals surface area (Å²) < 4.78 is 47.5. The van der Waals surface area contributed by atoms with Crippen LogP contribution in [-0.4, -0.2) is 36.5 Å². The first-order valence-electron chi connectivity index (χ1n) is 49.7. The van der Waals surface area contributed by atoms with Gasteiger partial charge in [0, 0.05) is 109 Å². The molecule has 0 aliphatic carbocycles. The standard InChI is InChI=1S/2C37H23N3.2C31H18FN3/c1-38-31-17-7-10-20-35(31)40-32-18-8-5-14-28(32)30-24-26(22-23-34(30)40)39-33-19-9-6-15-29(33)37-27(16-11-21-36(37)39)25-12-3-2-4-13-25;1-38-32-15-7-10-18-36(32)40-34-17-9-6-14-29(34)31-24-27(20-22-35(31)40)39-33-16-8-5-13-28(33)30-21-19-26(23-37(30)39)25-11-3-2-4-12-25;1-33-25-12-4-7-15-29(25)35-28-18-17-20(19-23(28)31-24(32)11-8-16-30(31)35)34-26-13-5-2-9-21(26)22-10-3-6-14-27(22)34;1-33-26-10-4-7-13-30(26)35-29-17-15-21(19-25(29)24-16-14-20(32)18-31(24)35)34-27-11-5-2-8-22(27)23-9-3-6-12-28(23)34/h2*2-24H;2*2-19H. The fourth-order valence-corrected chi connectivity index (χ4v) is 23.1. The van der Waals surface area contributed by atoms with E-state index >= 15 is 4.39 Å². The third-order valence-corrected chi connectivity index (χ3v) is 29.5. The summed E-state index contributed by atoms with van der Waals surface area (Å²) in [4.78, 5) is 15.1. The number of fused-ring (bicyclic) bond motifs is 24. The molecule has 0 aliphatic rings. The number of benzene rings is 22. The fraction of sp³-hybridized carbons (Fsp3) is 0. The molecule has 0 amide bonds. The maximum atomic E-state index is 15.3. The molecule has 0 N–H and O–H groups in total. The van der Waals surface area contributed by atoms with Crippen LogP contribution in [0.5, 0.6) is 0 Å². The molecule has 0 radical (unpaired) electrons. The van der Waals surface area contributed by atoms with Crippen LogP contribution in [0.4, 0.5) is 31.5 Å². The number of aromatic nitrogens is 8. The summed E-state index contributed by atoms with van der Waals surface area (Å²) in [5.41, 5.74) is 31.6. The Morgan fingerprint density at radius 2 is 0.413 bits per heavy atom. The van der Waals surface area contributed by atoms with E-state index in [9.17, 15) is 4.39 Å². The lowest BCUT2D eigenvalue weighted by atomic mass is 9.99. The Balaban J connectivity index is 0.0000000985. The quantitative estimate of drug-likeness (QED) is 0.123. The number of hydrogen-bond acceptors (Lipinski definition) is 0. The third-order valence-electron chi connectivity index (χ3n) is 29.5. The number of para-hydroxylation sites is 16. The van der Waals surface area contributed by atoms with Crippen LogP contribution in [0, 0.1) is 37.9 Å². The van der Waals surface area contributed by atoms with Crippen LogP contribution in [0.3, 0.4) is 0 Å². The van der Waals surface area contributed by atoms with Crippen LogP contribution in [0.1, 0.15) is 0 Å². The molecule has 14 heteroatoms. The topological polar surface area (TPSA) is 56.9 Å². The summed E-state index contributed by atoms with van der Waals surface area (Å²) in [6, 6.07) is 169. The molecule has 0 bridgehead atoms. The SMILES string of the molecule is [C-]#[N+]c1ccccc1-n1c2ccc(-n3c4ccccc4c4ccccc43)cc2c2c(F)cccc21.[C-]#[N+]c1ccccc1-n1c2ccc(-n3c4ccccc4c4ccccc43)cc2c2ccc(F)cc21.[C-]#[N+]c1ccccc1-n1c2ccccc2c2cc(-n3c4ccccc4c4c(-c5ccccc5)cccc43)ccc21.[C-]#[N+]c1ccccc1-n1c2ccccc2c2cc(-n3c4ccccc4c4ccc(-c5ccccc5)cc43)ccc21. The van der Waals surface area contributed by atoms with Gasteiger partial charge in [0.15, 0.2) is 0 Å². The van der Waals surface area contributed by atoms with Gasteiger partial charge >= 0.3 is 0 Å². The maximum absolute atomic E-state index is 15.3. The molecule has 0 saturated heterocycles. The number of halogens is 2. The van der Waals surface area contributed by atoms with Crippen molar-refractivity contribution in [1.82, 2.24) is 36.5 Å². The van der Waals surface area contributed by atoms with Crippen LogP contribution >= 0.6 is 0 Å². The first-order chi connectivity index (χ1) is 74.1. The van der Waals surface area contributed by atoms with Crippen molar-refractivity contribution in [3.8, 4) is 67.8 Å². The average Bonchev–Trinajstić information content (AvgIpc) is 1.60. The molecule has 0 spiro atoms. The van der Waals surface area contributed by atoms with E-state index in [0.29, 0.717) is 28.1 Å². The molecule has 0 aliphatic heterocycles. The second kappa shape index (κ2) is 36.2. The number of hydrogen-bond donors (Lipinski definition) is 0. The van der Waals surface area contributed by atoms with Crippen molar-refractivity contribution in [2.24, 2.45) is 0 Å². The molecular weight excluding hydrogens is 1840 g/mol. The summed E-state index contributed by atoms with van der Waals surface area (Å²) in [5, 5.41) is 17.8. The molecular formula is C136H82F2N12. The van der Waals surface area contributed by atoms with Crippen molar-refractivity contribution in [2.45, 2.75) is 0 Å². The van der Waals surface area contributed by atoms with Crippen molar-refractivity contribution in [1.29, 1.82) is 0 Å². The normalized spacial score (nSPS) is 11.5. The van der Waals surface area contributed by atoms with Crippen LogP contribution in [0.25, 0.3) is 262 Å². The van der Waals surface area contributed by atoms with Gasteiger partial charge < -0.3 is 36.5 Å². The fourth-order valence-electron chi connectivity index (χ4n) is 23.1. The molecule has 150 heavy (non-hydrogen) atoms. The lowest BCUT2D eigenvalue weighted by Gasteiger charge is -2.12. The zero-order chi connectivity index (χ0) is 100. The Morgan fingerprint density at radius 1 is 0.153 bits per heavy atom. The molecule has 0 fully saturated rings. The summed E-state index contributed by atoms with van der Waals surface area (Å²) in [7, 11) is 0. The Bertz CT molecular complexity index is 10700. The molecule has 0 unspecified atom stereocenters. The Morgan fingerprint density at radius 3 is 0.820 bits per heavy atom. The zero-order valence-corrected chi connectivity index (χ0v) is 80.5. The first kappa shape index (κ1) is 88.0. The van der Waals surface area contributed by atoms with Gasteiger partial charge in [0.2, 0.25) is 22.7 Å². The van der Waals surface area contributed by atoms with Crippen molar-refractivity contribution in [3.05, 3.63) is 555 Å². The minimum absolute atomic E-state index is 0.272. The van der Waals surface area contributed by atoms with Gasteiger partial charge in [-0.3, -0.25) is 0 Å². The second-order valence-corrected chi connectivity index (χ2v) is 37.5. The molecule has 22 aromatic carbocycles. The minimum atomic E-state index is -0.301. The molecule has 0 atom stereocenters. The van der Waals surface area contributed by atoms with E-state index in [0.717, 1.165) is 139 Å². The Kier molecular flexibility index (Phi) is 21.2. The van der Waals surface area contributed by atoms with Gasteiger partial charge in [-0.15, -0.1) is 0 Å². The highest BCUT2D eigenvalue weighted by atomic mass is 19.1. The molecule has 8 aromatic heterocycles. The summed E-state index contributed by atoms with van der Waals surface area (Å²) in [5.74, 6) is -0.574. The van der Waals surface area contributed by atoms with Crippen LogP contribution in [0.15, 0.2) is 497 Å². The monoisotopic (exact) mass is 1920 g/mol. The van der Waals surface area contributed by atoms with Gasteiger partial charge in [-0.1, -0.05) is 309 Å². The van der Waals surface area contributed by atoms with Crippen LogP contribution in [0.2, 0.25) is 0 Å². The number of rotatable bonds is 10. The minimum Gasteiger partial charge on any atom is -0.319 e. The molecule has 8 heterocycles. The highest BCUT2D eigenvalue weighted by Gasteiger charge is 2.27. The molecule has 700 valence electrons. The van der Waals surface area contributed by atoms with Crippen LogP contribution < -0.4 is 0 Å². The van der Waals surface area contributed by atoms with E-state index in [4.69, 9.17) is 26.3 Å². The van der Waals surface area contributed by atoms with Crippen LogP contribution in [-0.2, 0) is 0 Å². The predicted octanol–water partition coefficient (Wildman–Crippen LogP) is 37.3. The van der Waals surface area contributed by atoms with Gasteiger partial charge in [-0.05, 0) is 210 Å². The molecule has 12 nitrogen and oxygen atoms in total. The van der Waals surface area contributed by atoms with Gasteiger partial charge in [-0.2, -0.15) is 0 Å². The highest BCUT2D eigenvalue weighted by Crippen LogP contribution is 2.48. The van der Waals surface area contributed by atoms with Gasteiger partial charge in [-0.25, -0.2) is 28.2 Å². The highest BCUT2D eigenvalue weighted by molar-refractivity contribution is 6.20. The van der Waals surface area contributed by atoms with E-state index in [2.05, 4.69) is 393 Å². The van der Waals surface area contributed by atoms with Gasteiger partial charge in [0.1, 0.15) is 11.6 Å². The van der Waals surface area contributed by atoms with Gasteiger partial charge in [0.05, 0.1) is 137 Å². The average molecular weight is 1920 g/mol. The lowest BCUT2D eigenvalue weighted by Crippen LogP contribution is -1.96. The molecule has 0 saturated carbocycles. The molecule has 30 aromatic rings. The van der Waals surface area contributed by atoms with E-state index in [1.165, 1.54) is 110 Å². The summed E-state index contributed by atoms with van der Waals surface area (Å²) >= 11 is 0. The second-order valence-electron chi connectivity index (χ2n) is 37.5. The smallest absolute Gasteiger partial charge is 0.210 e. The van der Waals surface area contributed by atoms with E-state index in [-0.39, 0.29) is 11.6 Å². The Hall–Kier alpha value is -20.9. The first-order valence-corrected chi connectivity index (χ1v) is 49.7. The van der Waals surface area contributed by atoms with E-state index < -0.39 is 0 Å². The molecule has 30 rings (SSSR count). The Labute approximate surface area is 859 Å². The third kappa shape index (κ3) is 14.2. The number of nitrogens with zero attached hydrogens (tertiary/aromatic N) is 12. The van der Waals surface area contributed by atoms with E-state index in [1.54, 1.807) is 24.3 Å². The summed E-state index contributed by atoms with van der Waals surface area (Å²) in [6.07, 6.45) is 0. The largest absolute Gasteiger partial charge is 0.319 e. The zero-order valence-electron chi connectivity index (χ0n) is 80.5. The lowest BCUT2D eigenvalue weighted by molar-refractivity contribution is 0.629. The van der Waals surface area contributed by atoms with Crippen molar-refractivity contribution >= 4 is 197 Å².